The van der Waals surface area contributed by atoms with Gasteiger partial charge in [-0.3, -0.25) is 0 Å². The van der Waals surface area contributed by atoms with Crippen LogP contribution in [0.25, 0.3) is 0 Å². The number of nitrogens with one attached hydrogen (secondary N) is 2. The SMILES string of the molecule is Cc1cc2c(cc1N=C1C(C(C)(C)C)=Nn3nc(C(C)CNS(C)(=O)=O)nc31)C(C)CC(C)(C)N2CCOCCOCCN1c2cc(C)c(N=C3C(C(C)(C)C)=Nn4nc(C(C)CNS(C)(=O)=O)nc43)cc2C(C)CC1(C)C. The number of sulfonamides is 2. The Hall–Kier alpha value is -5.26. The molecule has 22 heteroatoms. The molecule has 4 aliphatic heterocycles. The summed E-state index contributed by atoms with van der Waals surface area (Å²) < 4.78 is 65.0. The molecule has 4 unspecified atom stereocenters. The summed E-state index contributed by atoms with van der Waals surface area (Å²) in [6.45, 7) is 38.2. The maximum absolute atomic E-state index is 11.8. The van der Waals surface area contributed by atoms with Gasteiger partial charge < -0.3 is 19.3 Å². The maximum Gasteiger partial charge on any atom is 0.208 e. The highest BCUT2D eigenvalue weighted by Gasteiger charge is 2.41. The van der Waals surface area contributed by atoms with E-state index in [0.717, 1.165) is 72.4 Å². The molecule has 78 heavy (non-hydrogen) atoms. The minimum atomic E-state index is -3.37. The summed E-state index contributed by atoms with van der Waals surface area (Å²) in [5.74, 6) is 2.15. The Balaban J connectivity index is 0.908. The summed E-state index contributed by atoms with van der Waals surface area (Å²) in [7, 11) is -6.73. The minimum Gasteiger partial charge on any atom is -0.377 e. The van der Waals surface area contributed by atoms with Crippen LogP contribution in [-0.4, -0.2) is 146 Å². The van der Waals surface area contributed by atoms with Gasteiger partial charge >= 0.3 is 0 Å². The molecule has 4 aliphatic rings. The standard InChI is InChI=1S/C56H84N14O6S2/c1-33-25-43-39(27-41(33)59-45-47(53(7,8)9)63-69-51(45)61-49(65-69)37(5)31-57-77(17,71)72)35(3)29-55(13,14)67(43)19-21-75-23-24-76-22-20-68-44-26-34(2)42(28-40(44)36(4)30-56(68,15)16)60-46-48(54(10,11)12)64-70-52(46)62-50(66-70)38(6)32-58-78(18,73)74/h25-28,35-38,57-58H,19-24,29-32H2,1-18H3. The van der Waals surface area contributed by atoms with Crippen LogP contribution in [0.2, 0.25) is 0 Å². The highest BCUT2D eigenvalue weighted by Crippen LogP contribution is 2.48. The number of rotatable bonds is 19. The zero-order valence-corrected chi connectivity index (χ0v) is 51.0. The number of aliphatic imine (C=N–C) groups is 2. The van der Waals surface area contributed by atoms with Crippen molar-refractivity contribution in [2.24, 2.45) is 31.0 Å². The molecule has 0 fully saturated rings. The Morgan fingerprint density at radius 3 is 1.32 bits per heavy atom. The third-order valence-corrected chi connectivity index (χ3v) is 16.6. The molecule has 4 aromatic rings. The third kappa shape index (κ3) is 12.8. The van der Waals surface area contributed by atoms with E-state index >= 15 is 0 Å². The van der Waals surface area contributed by atoms with E-state index in [1.165, 1.54) is 32.1 Å². The largest absolute Gasteiger partial charge is 0.377 e. The molecule has 0 saturated carbocycles. The second-order valence-corrected chi connectivity index (χ2v) is 29.2. The fourth-order valence-corrected chi connectivity index (χ4v) is 12.2. The average Bonchev–Trinajstić information content (AvgIpc) is 4.09. The van der Waals surface area contributed by atoms with E-state index in [0.29, 0.717) is 73.0 Å². The van der Waals surface area contributed by atoms with Crippen molar-refractivity contribution in [3.05, 3.63) is 69.8 Å². The van der Waals surface area contributed by atoms with Crippen LogP contribution >= 0.6 is 0 Å². The van der Waals surface area contributed by atoms with Crippen LogP contribution in [0.4, 0.5) is 22.7 Å². The first-order valence-corrected chi connectivity index (χ1v) is 31.1. The molecule has 426 valence electrons. The molecular weight excluding hydrogens is 1030 g/mol. The van der Waals surface area contributed by atoms with Crippen molar-refractivity contribution >= 4 is 65.6 Å². The molecule has 6 heterocycles. The van der Waals surface area contributed by atoms with Gasteiger partial charge in [-0.25, -0.2) is 46.2 Å². The van der Waals surface area contributed by atoms with Gasteiger partial charge in [0, 0.05) is 71.3 Å². The molecule has 0 aliphatic carbocycles. The van der Waals surface area contributed by atoms with Gasteiger partial charge in [0.1, 0.15) is 11.4 Å². The van der Waals surface area contributed by atoms with E-state index < -0.39 is 20.0 Å². The van der Waals surface area contributed by atoms with E-state index in [1.807, 2.05) is 13.8 Å². The summed E-state index contributed by atoms with van der Waals surface area (Å²) in [5, 5.41) is 19.0. The minimum absolute atomic E-state index is 0.105. The molecule has 20 nitrogen and oxygen atoms in total. The van der Waals surface area contributed by atoms with Crippen LogP contribution in [-0.2, 0) is 29.5 Å². The predicted octanol–water partition coefficient (Wildman–Crippen LogP) is 8.48. The lowest BCUT2D eigenvalue weighted by Crippen LogP contribution is -2.50. The van der Waals surface area contributed by atoms with Crippen molar-refractivity contribution in [3.63, 3.8) is 0 Å². The number of nitrogens with zero attached hydrogens (tertiary/aromatic N) is 12. The van der Waals surface area contributed by atoms with E-state index in [1.54, 1.807) is 0 Å². The Bertz CT molecular complexity index is 3080. The molecule has 0 bridgehead atoms. The summed E-state index contributed by atoms with van der Waals surface area (Å²) in [6.07, 6.45) is 4.21. The molecule has 8 rings (SSSR count). The Morgan fingerprint density at radius 2 is 0.987 bits per heavy atom. The van der Waals surface area contributed by atoms with Crippen LogP contribution in [0.1, 0.15) is 179 Å². The summed E-state index contributed by atoms with van der Waals surface area (Å²) in [4.78, 5) is 28.3. The van der Waals surface area contributed by atoms with Gasteiger partial charge in [0.2, 0.25) is 31.7 Å². The summed E-state index contributed by atoms with van der Waals surface area (Å²) in [6, 6.07) is 8.96. The molecule has 0 spiro atoms. The van der Waals surface area contributed by atoms with Gasteiger partial charge in [-0.15, -0.1) is 19.8 Å². The molecule has 0 radical (unpaired) electrons. The monoisotopic (exact) mass is 1110 g/mol. The number of benzene rings is 2. The maximum atomic E-state index is 11.8. The molecule has 2 aromatic carbocycles. The highest BCUT2D eigenvalue weighted by atomic mass is 32.2. The van der Waals surface area contributed by atoms with Gasteiger partial charge in [-0.1, -0.05) is 69.2 Å². The lowest BCUT2D eigenvalue weighted by atomic mass is 9.79. The number of aromatic nitrogens is 6. The van der Waals surface area contributed by atoms with E-state index in [9.17, 15) is 16.8 Å². The number of ether oxygens (including phenoxy) is 2. The van der Waals surface area contributed by atoms with Crippen LogP contribution in [0, 0.1) is 24.7 Å². The van der Waals surface area contributed by atoms with Crippen molar-refractivity contribution in [3.8, 4) is 0 Å². The Kier molecular flexibility index (Phi) is 16.3. The molecule has 2 N–H and O–H groups in total. The topological polar surface area (TPSA) is 228 Å². The first-order chi connectivity index (χ1) is 36.1. The number of aryl methyl sites for hydroxylation is 2. The molecule has 4 atom stereocenters. The van der Waals surface area contributed by atoms with Crippen molar-refractivity contribution < 1.29 is 26.3 Å². The normalized spacial score (nSPS) is 20.9. The molecule has 2 aromatic heterocycles. The lowest BCUT2D eigenvalue weighted by molar-refractivity contribution is 0.0504. The molecular formula is C56H84N14O6S2. The van der Waals surface area contributed by atoms with Crippen LogP contribution in [0.15, 0.2) is 44.5 Å². The fraction of sp³-hybridized carbons (Fsp3) is 0.643. The van der Waals surface area contributed by atoms with Crippen LogP contribution in [0.3, 0.4) is 0 Å². The first-order valence-electron chi connectivity index (χ1n) is 27.3. The quantitative estimate of drug-likeness (QED) is 0.0843. The molecule has 0 saturated heterocycles. The van der Waals surface area contributed by atoms with Crippen molar-refractivity contribution in [2.75, 3.05) is 74.9 Å². The highest BCUT2D eigenvalue weighted by molar-refractivity contribution is 7.89. The molecule has 0 amide bonds. The second-order valence-electron chi connectivity index (χ2n) is 25.5. The number of hydrogen-bond acceptors (Lipinski definition) is 16. The van der Waals surface area contributed by atoms with Crippen molar-refractivity contribution in [1.82, 2.24) is 39.2 Å². The van der Waals surface area contributed by atoms with Gasteiger partial charge in [0.05, 0.1) is 61.7 Å². The number of anilines is 2. The van der Waals surface area contributed by atoms with E-state index in [2.05, 4.69) is 151 Å². The van der Waals surface area contributed by atoms with E-state index in [4.69, 9.17) is 39.6 Å². The fourth-order valence-electron chi connectivity index (χ4n) is 11.1. The zero-order chi connectivity index (χ0) is 57.2. The predicted molar refractivity (Wildman–Crippen MR) is 312 cm³/mol. The van der Waals surface area contributed by atoms with E-state index in [-0.39, 0.29) is 46.8 Å². The summed E-state index contributed by atoms with van der Waals surface area (Å²) >= 11 is 0. The smallest absolute Gasteiger partial charge is 0.208 e. The van der Waals surface area contributed by atoms with Crippen LogP contribution < -0.4 is 19.2 Å². The first kappa shape index (κ1) is 58.9. The van der Waals surface area contributed by atoms with Gasteiger partial charge in [-0.05, 0) is 113 Å². The zero-order valence-electron chi connectivity index (χ0n) is 49.3. The Morgan fingerprint density at radius 1 is 0.628 bits per heavy atom. The lowest BCUT2D eigenvalue weighted by Gasteiger charge is -2.48. The van der Waals surface area contributed by atoms with Gasteiger partial charge in [-0.2, -0.15) is 10.2 Å². The second kappa shape index (κ2) is 21.7. The van der Waals surface area contributed by atoms with Crippen molar-refractivity contribution in [2.45, 2.75) is 158 Å². The number of fused-ring (bicyclic) bond motifs is 4. The van der Waals surface area contributed by atoms with Crippen LogP contribution in [0.5, 0.6) is 0 Å². The van der Waals surface area contributed by atoms with Gasteiger partial charge in [0.25, 0.3) is 0 Å². The van der Waals surface area contributed by atoms with Gasteiger partial charge in [0.15, 0.2) is 11.6 Å². The van der Waals surface area contributed by atoms with Crippen molar-refractivity contribution in [1.29, 1.82) is 0 Å². The average molecular weight is 1110 g/mol. The third-order valence-electron chi connectivity index (χ3n) is 15.2. The summed E-state index contributed by atoms with van der Waals surface area (Å²) in [5.41, 5.74) is 10.7. The Labute approximate surface area is 463 Å². The number of hydrogen-bond donors (Lipinski definition) is 2.